The van der Waals surface area contributed by atoms with Gasteiger partial charge in [-0.05, 0) is 0 Å². The average molecular weight is 182 g/mol. The summed E-state index contributed by atoms with van der Waals surface area (Å²) in [6.07, 6.45) is 0. The van der Waals surface area contributed by atoms with Gasteiger partial charge >= 0.3 is 18.8 Å². The Morgan fingerprint density at radius 1 is 1.33 bits per heavy atom. The van der Waals surface area contributed by atoms with Crippen molar-refractivity contribution in [1.29, 1.82) is 0 Å². The van der Waals surface area contributed by atoms with E-state index in [0.29, 0.717) is 0 Å². The van der Waals surface area contributed by atoms with Crippen LogP contribution in [0.15, 0.2) is 0 Å². The van der Waals surface area contributed by atoms with Gasteiger partial charge in [0.2, 0.25) is 0 Å². The van der Waals surface area contributed by atoms with Gasteiger partial charge in [0.05, 0.1) is 0 Å². The summed E-state index contributed by atoms with van der Waals surface area (Å²) in [6.45, 7) is 0. The Bertz CT molecular complexity index is 155. The smallest absolute Gasteiger partial charge is 0.326 e. The van der Waals surface area contributed by atoms with Crippen LogP contribution in [0.25, 0.3) is 0 Å². The molecule has 0 aliphatic heterocycles. The second-order valence-corrected chi connectivity index (χ2v) is 2.08. The van der Waals surface area contributed by atoms with Crippen molar-refractivity contribution in [2.24, 2.45) is 0 Å². The van der Waals surface area contributed by atoms with E-state index in [2.05, 4.69) is 0 Å². The number of halogens is 1. The summed E-state index contributed by atoms with van der Waals surface area (Å²) in [7, 11) is -8.30. The zero-order valence-corrected chi connectivity index (χ0v) is 5.67. The minimum Gasteiger partial charge on any atom is -0.326 e. The topological polar surface area (TPSA) is 112 Å². The van der Waals surface area contributed by atoms with Crippen molar-refractivity contribution >= 4 is 18.8 Å². The predicted octanol–water partition coefficient (Wildman–Crippen LogP) is -0.881. The molecule has 3 N–H and O–H groups in total. The molecule has 0 aromatic heterocycles. The molecule has 0 amide bonds. The molecule has 0 saturated carbocycles. The van der Waals surface area contributed by atoms with Crippen LogP contribution in [0.1, 0.15) is 0 Å². The molecule has 0 bridgehead atoms. The molecule has 0 aromatic rings. The lowest BCUT2D eigenvalue weighted by molar-refractivity contribution is 0.405. The number of hydrogen-bond donors (Lipinski definition) is 3. The molecule has 0 saturated heterocycles. The maximum absolute atomic E-state index is 10.2. The minimum absolute atomic E-state index is 3.13. The Kier molecular flexibility index (Phi) is 6.30. The van der Waals surface area contributed by atoms with E-state index in [1.54, 1.807) is 0 Å². The van der Waals surface area contributed by atoms with Crippen LogP contribution in [0, 0.1) is 0 Å². The summed E-state index contributed by atoms with van der Waals surface area (Å²) < 4.78 is 42.8. The second-order valence-electron chi connectivity index (χ2n) is 0.695. The van der Waals surface area contributed by atoms with E-state index in [0.717, 1.165) is 0 Å². The lowest BCUT2D eigenvalue weighted by Crippen LogP contribution is -1.80. The summed E-state index contributed by atoms with van der Waals surface area (Å²) in [5.41, 5.74) is 0. The van der Waals surface area contributed by atoms with Gasteiger partial charge in [0.25, 0.3) is 0 Å². The van der Waals surface area contributed by atoms with Crippen molar-refractivity contribution in [1.82, 2.24) is 0 Å². The highest BCUT2D eigenvalue weighted by molar-refractivity contribution is 7.80. The van der Waals surface area contributed by atoms with Crippen LogP contribution in [0.5, 0.6) is 0 Å². The van der Waals surface area contributed by atoms with Crippen molar-refractivity contribution in [3.05, 3.63) is 0 Å². The highest BCUT2D eigenvalue weighted by Gasteiger charge is 1.89. The quantitative estimate of drug-likeness (QED) is 0.255. The van der Waals surface area contributed by atoms with E-state index in [1.165, 1.54) is 0 Å². The molecule has 58 valence electrons. The molecule has 9 heteroatoms. The molecule has 6 nitrogen and oxygen atoms in total. The zero-order chi connectivity index (χ0) is 8.08. The summed E-state index contributed by atoms with van der Waals surface area (Å²) in [4.78, 5) is 14.3. The van der Waals surface area contributed by atoms with Gasteiger partial charge in [-0.25, -0.2) is 0 Å². The molecular weight excluding hydrogens is 178 g/mol. The molecule has 0 atom stereocenters. The first-order valence-corrected chi connectivity index (χ1v) is 3.96. The van der Waals surface area contributed by atoms with Gasteiger partial charge in [0.1, 0.15) is 0 Å². The fourth-order valence-electron chi connectivity index (χ4n) is 0. The SMILES string of the molecule is O=S(=O)(O)F.O=[PH](O)O. The Morgan fingerprint density at radius 2 is 1.33 bits per heavy atom. The minimum atomic E-state index is -5.17. The Balaban J connectivity index is 0. The molecular formula is H4FO6PS. The van der Waals surface area contributed by atoms with Crippen LogP contribution < -0.4 is 0 Å². The van der Waals surface area contributed by atoms with Crippen molar-refractivity contribution in [3.8, 4) is 0 Å². The maximum atomic E-state index is 10.2. The van der Waals surface area contributed by atoms with E-state index in [-0.39, 0.29) is 0 Å². The lowest BCUT2D eigenvalue weighted by Gasteiger charge is -1.63. The Morgan fingerprint density at radius 3 is 1.33 bits per heavy atom. The van der Waals surface area contributed by atoms with E-state index < -0.39 is 18.8 Å². The van der Waals surface area contributed by atoms with Gasteiger partial charge in [-0.2, -0.15) is 8.42 Å². The van der Waals surface area contributed by atoms with Crippen LogP contribution in [0.3, 0.4) is 0 Å². The number of rotatable bonds is 0. The van der Waals surface area contributed by atoms with Crippen molar-refractivity contribution in [3.63, 3.8) is 0 Å². The van der Waals surface area contributed by atoms with Gasteiger partial charge in [-0.3, -0.25) is 9.12 Å². The summed E-state index contributed by atoms with van der Waals surface area (Å²) in [6, 6.07) is 0. The van der Waals surface area contributed by atoms with Crippen LogP contribution in [-0.2, 0) is 15.1 Å². The molecule has 0 radical (unpaired) electrons. The summed E-state index contributed by atoms with van der Waals surface area (Å²) in [5.74, 6) is 0. The van der Waals surface area contributed by atoms with E-state index in [4.69, 9.17) is 27.3 Å². The van der Waals surface area contributed by atoms with Gasteiger partial charge < -0.3 is 9.79 Å². The summed E-state index contributed by atoms with van der Waals surface area (Å²) >= 11 is 0. The van der Waals surface area contributed by atoms with E-state index in [1.807, 2.05) is 0 Å². The van der Waals surface area contributed by atoms with Crippen molar-refractivity contribution in [2.75, 3.05) is 0 Å². The highest BCUT2D eigenvalue weighted by atomic mass is 32.3. The molecule has 9 heavy (non-hydrogen) atoms. The van der Waals surface area contributed by atoms with Crippen LogP contribution in [0.2, 0.25) is 0 Å². The monoisotopic (exact) mass is 182 g/mol. The molecule has 0 rings (SSSR count). The van der Waals surface area contributed by atoms with E-state index >= 15 is 0 Å². The first-order chi connectivity index (χ1) is 3.73. The van der Waals surface area contributed by atoms with Gasteiger partial charge in [-0.1, -0.05) is 3.89 Å². The Labute approximate surface area is 50.9 Å². The van der Waals surface area contributed by atoms with Crippen LogP contribution in [-0.4, -0.2) is 22.8 Å². The molecule has 0 heterocycles. The third kappa shape index (κ3) is 2870000. The van der Waals surface area contributed by atoms with Gasteiger partial charge in [-0.15, -0.1) is 0 Å². The zero-order valence-electron chi connectivity index (χ0n) is 3.85. The third-order valence-electron chi connectivity index (χ3n) is 0. The molecule has 0 spiro atoms. The van der Waals surface area contributed by atoms with Crippen molar-refractivity contribution < 1.29 is 31.2 Å². The first kappa shape index (κ1) is 11.7. The van der Waals surface area contributed by atoms with Crippen LogP contribution in [0.4, 0.5) is 3.89 Å². The predicted molar refractivity (Wildman–Crippen MR) is 26.1 cm³/mol. The highest BCUT2D eigenvalue weighted by Crippen LogP contribution is 1.98. The third-order valence-corrected chi connectivity index (χ3v) is 0. The van der Waals surface area contributed by atoms with Gasteiger partial charge in [0, 0.05) is 0 Å². The molecule has 0 unspecified atom stereocenters. The molecule has 0 aliphatic carbocycles. The normalized spacial score (nSPS) is 10.3. The standard InChI is InChI=1S/FHO3S.H3O3P/c1-5(2,3)4;1-4(2)3/h(H,2,3,4);4H,(H2,1,2,3). The summed E-state index contributed by atoms with van der Waals surface area (Å²) in [5, 5.41) is 0. The number of hydrogen-bond acceptors (Lipinski definition) is 3. The lowest BCUT2D eigenvalue weighted by atomic mass is 15.8. The second kappa shape index (κ2) is 4.83. The fraction of sp³-hybridized carbons (Fsp3) is 0. The van der Waals surface area contributed by atoms with E-state index in [9.17, 15) is 3.89 Å². The maximum Gasteiger partial charge on any atom is 0.435 e. The fourth-order valence-corrected chi connectivity index (χ4v) is 0. The van der Waals surface area contributed by atoms with Crippen molar-refractivity contribution in [2.45, 2.75) is 0 Å². The molecule has 0 aliphatic rings. The molecule has 0 fully saturated rings. The van der Waals surface area contributed by atoms with Gasteiger partial charge in [0.15, 0.2) is 0 Å². The largest absolute Gasteiger partial charge is 0.435 e. The van der Waals surface area contributed by atoms with Crippen LogP contribution >= 0.6 is 8.25 Å². The average Bonchev–Trinajstić information content (AvgIpc) is 1.19. The Hall–Kier alpha value is -0.0100. The first-order valence-electron chi connectivity index (χ1n) is 1.32. The molecule has 0 aromatic carbocycles.